The van der Waals surface area contributed by atoms with Gasteiger partial charge in [-0.3, -0.25) is 4.98 Å². The lowest BCUT2D eigenvalue weighted by atomic mass is 9.94. The third-order valence-corrected chi connectivity index (χ3v) is 3.97. The van der Waals surface area contributed by atoms with Crippen molar-refractivity contribution in [2.45, 2.75) is 26.2 Å². The Morgan fingerprint density at radius 2 is 1.80 bits per heavy atom. The van der Waals surface area contributed by atoms with E-state index in [0.717, 1.165) is 12.1 Å². The van der Waals surface area contributed by atoms with Crippen molar-refractivity contribution in [2.75, 3.05) is 0 Å². The van der Waals surface area contributed by atoms with Crippen molar-refractivity contribution in [3.8, 4) is 0 Å². The average molecular weight is 261 g/mol. The topological polar surface area (TPSA) is 12.9 Å². The van der Waals surface area contributed by atoms with Gasteiger partial charge < -0.3 is 0 Å². The molecule has 1 nitrogen and oxygen atoms in total. The molecule has 0 saturated heterocycles. The molecule has 0 spiro atoms. The molecule has 3 rings (SSSR count). The van der Waals surface area contributed by atoms with Gasteiger partial charge in [0.05, 0.1) is 0 Å². The van der Waals surface area contributed by atoms with Gasteiger partial charge in [-0.25, -0.2) is 0 Å². The number of hydrogen-bond donors (Lipinski definition) is 0. The molecule has 2 aromatic carbocycles. The molecule has 0 saturated carbocycles. The van der Waals surface area contributed by atoms with Crippen molar-refractivity contribution in [3.63, 3.8) is 0 Å². The summed E-state index contributed by atoms with van der Waals surface area (Å²) in [7, 11) is 0. The van der Waals surface area contributed by atoms with E-state index >= 15 is 0 Å². The van der Waals surface area contributed by atoms with E-state index in [-0.39, 0.29) is 0 Å². The summed E-state index contributed by atoms with van der Waals surface area (Å²) in [5, 5.41) is 2.63. The fraction of sp³-hybridized carbons (Fsp3) is 0.211. The van der Waals surface area contributed by atoms with E-state index in [9.17, 15) is 0 Å². The average Bonchev–Trinajstić information content (AvgIpc) is 2.54. The van der Waals surface area contributed by atoms with Gasteiger partial charge >= 0.3 is 0 Å². The zero-order chi connectivity index (χ0) is 13.9. The number of aromatic nitrogens is 1. The summed E-state index contributed by atoms with van der Waals surface area (Å²) >= 11 is 0. The van der Waals surface area contributed by atoms with Crippen LogP contribution in [0.25, 0.3) is 10.8 Å². The maximum atomic E-state index is 4.47. The van der Waals surface area contributed by atoms with Gasteiger partial charge in [0.1, 0.15) is 0 Å². The van der Waals surface area contributed by atoms with Gasteiger partial charge in [-0.05, 0) is 40.5 Å². The van der Waals surface area contributed by atoms with E-state index in [2.05, 4.69) is 67.4 Å². The van der Waals surface area contributed by atoms with Crippen LogP contribution in [0.5, 0.6) is 0 Å². The van der Waals surface area contributed by atoms with E-state index in [0.29, 0.717) is 5.92 Å². The van der Waals surface area contributed by atoms with Crippen LogP contribution < -0.4 is 0 Å². The standard InChI is InChI=1S/C19H19N/c1-3-15-7-8-16-9-10-17(13-18(16)12-15)14(2)19-6-4-5-11-20-19/h4-14H,3H2,1-2H3/t14-/m1/s1. The molecule has 0 radical (unpaired) electrons. The highest BCUT2D eigenvalue weighted by Crippen LogP contribution is 2.26. The number of benzene rings is 2. The largest absolute Gasteiger partial charge is 0.261 e. The molecule has 1 aromatic heterocycles. The third-order valence-electron chi connectivity index (χ3n) is 3.97. The quantitative estimate of drug-likeness (QED) is 0.650. The van der Waals surface area contributed by atoms with Gasteiger partial charge in [-0.15, -0.1) is 0 Å². The van der Waals surface area contributed by atoms with Gasteiger partial charge in [0, 0.05) is 17.8 Å². The second-order valence-corrected chi connectivity index (χ2v) is 5.27. The molecule has 3 aromatic rings. The van der Waals surface area contributed by atoms with Gasteiger partial charge in [-0.2, -0.15) is 0 Å². The molecule has 0 aliphatic rings. The van der Waals surface area contributed by atoms with Crippen LogP contribution in [0.1, 0.15) is 36.6 Å². The fourth-order valence-corrected chi connectivity index (χ4v) is 2.61. The first-order valence-corrected chi connectivity index (χ1v) is 7.21. The van der Waals surface area contributed by atoms with Crippen LogP contribution in [0, 0.1) is 0 Å². The molecule has 0 aliphatic heterocycles. The van der Waals surface area contributed by atoms with Crippen molar-refractivity contribution in [1.29, 1.82) is 0 Å². The van der Waals surface area contributed by atoms with Crippen LogP contribution in [0.2, 0.25) is 0 Å². The Hall–Kier alpha value is -2.15. The number of hydrogen-bond acceptors (Lipinski definition) is 1. The van der Waals surface area contributed by atoms with E-state index in [1.54, 1.807) is 0 Å². The molecule has 0 unspecified atom stereocenters. The summed E-state index contributed by atoms with van der Waals surface area (Å²) < 4.78 is 0. The molecule has 0 fully saturated rings. The van der Waals surface area contributed by atoms with Crippen LogP contribution in [0.4, 0.5) is 0 Å². The highest BCUT2D eigenvalue weighted by molar-refractivity contribution is 5.84. The van der Waals surface area contributed by atoms with Crippen LogP contribution in [0.15, 0.2) is 60.8 Å². The van der Waals surface area contributed by atoms with Crippen molar-refractivity contribution in [2.24, 2.45) is 0 Å². The van der Waals surface area contributed by atoms with Crippen molar-refractivity contribution in [1.82, 2.24) is 4.98 Å². The van der Waals surface area contributed by atoms with E-state index in [4.69, 9.17) is 0 Å². The second-order valence-electron chi connectivity index (χ2n) is 5.27. The molecule has 0 aliphatic carbocycles. The molecule has 1 heteroatoms. The first-order chi connectivity index (χ1) is 9.78. The molecule has 20 heavy (non-hydrogen) atoms. The number of pyridine rings is 1. The molecule has 0 bridgehead atoms. The van der Waals surface area contributed by atoms with Crippen molar-refractivity contribution < 1.29 is 0 Å². The SMILES string of the molecule is CCc1ccc2ccc([C@@H](C)c3ccccn3)cc2c1. The molecule has 1 heterocycles. The van der Waals surface area contributed by atoms with E-state index in [1.165, 1.54) is 21.9 Å². The summed E-state index contributed by atoms with van der Waals surface area (Å²) in [6.07, 6.45) is 2.94. The van der Waals surface area contributed by atoms with Crippen LogP contribution >= 0.6 is 0 Å². The molecule has 0 amide bonds. The summed E-state index contributed by atoms with van der Waals surface area (Å²) in [6, 6.07) is 19.6. The fourth-order valence-electron chi connectivity index (χ4n) is 2.61. The first-order valence-electron chi connectivity index (χ1n) is 7.21. The van der Waals surface area contributed by atoms with Gasteiger partial charge in [-0.1, -0.05) is 56.3 Å². The summed E-state index contributed by atoms with van der Waals surface area (Å²) in [4.78, 5) is 4.47. The predicted octanol–water partition coefficient (Wildman–Crippen LogP) is 4.95. The van der Waals surface area contributed by atoms with E-state index < -0.39 is 0 Å². The van der Waals surface area contributed by atoms with E-state index in [1.807, 2.05) is 12.3 Å². The lowest BCUT2D eigenvalue weighted by Crippen LogP contribution is -1.98. The number of fused-ring (bicyclic) bond motifs is 1. The smallest absolute Gasteiger partial charge is 0.0475 e. The minimum absolute atomic E-state index is 0.325. The second kappa shape index (κ2) is 5.46. The van der Waals surface area contributed by atoms with Crippen LogP contribution in [-0.2, 0) is 6.42 Å². The minimum Gasteiger partial charge on any atom is -0.261 e. The summed E-state index contributed by atoms with van der Waals surface area (Å²) in [5.74, 6) is 0.325. The maximum absolute atomic E-state index is 4.47. The zero-order valence-corrected chi connectivity index (χ0v) is 12.0. The van der Waals surface area contributed by atoms with Crippen molar-refractivity contribution in [3.05, 3.63) is 77.6 Å². The van der Waals surface area contributed by atoms with Crippen LogP contribution in [0.3, 0.4) is 0 Å². The lowest BCUT2D eigenvalue weighted by molar-refractivity contribution is 0.873. The third kappa shape index (κ3) is 2.44. The van der Waals surface area contributed by atoms with Crippen LogP contribution in [-0.4, -0.2) is 4.98 Å². The van der Waals surface area contributed by atoms with Crippen molar-refractivity contribution >= 4 is 10.8 Å². The normalized spacial score (nSPS) is 12.5. The molecule has 1 atom stereocenters. The lowest BCUT2D eigenvalue weighted by Gasteiger charge is -2.12. The molecular weight excluding hydrogens is 242 g/mol. The van der Waals surface area contributed by atoms with Gasteiger partial charge in [0.2, 0.25) is 0 Å². The Morgan fingerprint density at radius 3 is 2.55 bits per heavy atom. The molecule has 100 valence electrons. The zero-order valence-electron chi connectivity index (χ0n) is 12.0. The monoisotopic (exact) mass is 261 g/mol. The number of aryl methyl sites for hydroxylation is 1. The molecule has 0 N–H and O–H groups in total. The summed E-state index contributed by atoms with van der Waals surface area (Å²) in [6.45, 7) is 4.41. The maximum Gasteiger partial charge on any atom is 0.0475 e. The Bertz CT molecular complexity index is 716. The Balaban J connectivity index is 2.03. The highest BCUT2D eigenvalue weighted by atomic mass is 14.7. The predicted molar refractivity (Wildman–Crippen MR) is 85.1 cm³/mol. The Kier molecular flexibility index (Phi) is 3.51. The van der Waals surface area contributed by atoms with Gasteiger partial charge in [0.15, 0.2) is 0 Å². The number of nitrogens with zero attached hydrogens (tertiary/aromatic N) is 1. The number of rotatable bonds is 3. The van der Waals surface area contributed by atoms with Gasteiger partial charge in [0.25, 0.3) is 0 Å². The first kappa shape index (κ1) is 12.9. The minimum atomic E-state index is 0.325. The molecular formula is C19H19N. The Labute approximate surface area is 120 Å². The highest BCUT2D eigenvalue weighted by Gasteiger charge is 2.09. The summed E-state index contributed by atoms with van der Waals surface area (Å²) in [5.41, 5.74) is 3.84. The Morgan fingerprint density at radius 1 is 0.950 bits per heavy atom.